The topological polar surface area (TPSA) is 66.0 Å². The van der Waals surface area contributed by atoms with E-state index in [0.29, 0.717) is 17.9 Å². The molecule has 0 aliphatic heterocycles. The number of rotatable bonds is 4. The third kappa shape index (κ3) is 3.59. The molecule has 2 saturated carbocycles. The third-order valence-corrected chi connectivity index (χ3v) is 3.64. The Balaban J connectivity index is 1.50. The SMILES string of the molecule is O=C(Nc1ccc(NC2CCCC2)cn1)NC1CC1. The summed E-state index contributed by atoms with van der Waals surface area (Å²) in [4.78, 5) is 15.8. The van der Waals surface area contributed by atoms with Gasteiger partial charge in [0.25, 0.3) is 0 Å². The van der Waals surface area contributed by atoms with Crippen molar-refractivity contribution < 1.29 is 4.79 Å². The zero-order chi connectivity index (χ0) is 13.1. The van der Waals surface area contributed by atoms with E-state index in [1.807, 2.05) is 12.1 Å². The molecule has 0 radical (unpaired) electrons. The predicted molar refractivity (Wildman–Crippen MR) is 75.3 cm³/mol. The molecular weight excluding hydrogens is 240 g/mol. The molecule has 2 amide bonds. The van der Waals surface area contributed by atoms with Crippen molar-refractivity contribution in [1.29, 1.82) is 0 Å². The maximum Gasteiger partial charge on any atom is 0.320 e. The van der Waals surface area contributed by atoms with Crippen LogP contribution in [0.15, 0.2) is 18.3 Å². The molecule has 0 aromatic carbocycles. The molecule has 3 N–H and O–H groups in total. The zero-order valence-corrected chi connectivity index (χ0v) is 11.0. The first-order chi connectivity index (χ1) is 9.29. The Labute approximate surface area is 113 Å². The van der Waals surface area contributed by atoms with Gasteiger partial charge in [0.1, 0.15) is 5.82 Å². The number of carbonyl (C=O) groups excluding carboxylic acids is 1. The number of aromatic nitrogens is 1. The first-order valence-electron chi connectivity index (χ1n) is 7.10. The van der Waals surface area contributed by atoms with Crippen LogP contribution in [0.5, 0.6) is 0 Å². The fraction of sp³-hybridized carbons (Fsp3) is 0.571. The van der Waals surface area contributed by atoms with E-state index >= 15 is 0 Å². The number of amides is 2. The molecule has 19 heavy (non-hydrogen) atoms. The zero-order valence-electron chi connectivity index (χ0n) is 11.0. The largest absolute Gasteiger partial charge is 0.381 e. The van der Waals surface area contributed by atoms with Crippen LogP contribution in [0.2, 0.25) is 0 Å². The maximum absolute atomic E-state index is 11.5. The van der Waals surface area contributed by atoms with Crippen LogP contribution < -0.4 is 16.0 Å². The van der Waals surface area contributed by atoms with E-state index in [4.69, 9.17) is 0 Å². The van der Waals surface area contributed by atoms with E-state index in [-0.39, 0.29) is 6.03 Å². The molecule has 1 aromatic heterocycles. The molecule has 2 fully saturated rings. The van der Waals surface area contributed by atoms with E-state index in [1.165, 1.54) is 25.7 Å². The average molecular weight is 260 g/mol. The molecule has 5 heteroatoms. The highest BCUT2D eigenvalue weighted by atomic mass is 16.2. The summed E-state index contributed by atoms with van der Waals surface area (Å²) in [6.07, 6.45) is 9.06. The van der Waals surface area contributed by atoms with Crippen molar-refractivity contribution in [2.45, 2.75) is 50.6 Å². The number of nitrogens with one attached hydrogen (secondary N) is 3. The van der Waals surface area contributed by atoms with Crippen LogP contribution in [0.1, 0.15) is 38.5 Å². The van der Waals surface area contributed by atoms with Gasteiger partial charge in [0.05, 0.1) is 11.9 Å². The van der Waals surface area contributed by atoms with Gasteiger partial charge in [0, 0.05) is 12.1 Å². The lowest BCUT2D eigenvalue weighted by atomic mass is 10.2. The van der Waals surface area contributed by atoms with E-state index < -0.39 is 0 Å². The fourth-order valence-electron chi connectivity index (χ4n) is 2.42. The van der Waals surface area contributed by atoms with Gasteiger partial charge in [-0.2, -0.15) is 0 Å². The normalized spacial score (nSPS) is 19.2. The van der Waals surface area contributed by atoms with Gasteiger partial charge in [0.2, 0.25) is 0 Å². The first kappa shape index (κ1) is 12.3. The minimum Gasteiger partial charge on any atom is -0.381 e. The number of anilines is 2. The van der Waals surface area contributed by atoms with E-state index in [9.17, 15) is 4.79 Å². The molecule has 2 aliphatic rings. The summed E-state index contributed by atoms with van der Waals surface area (Å²) in [7, 11) is 0. The third-order valence-electron chi connectivity index (χ3n) is 3.64. The lowest BCUT2D eigenvalue weighted by Crippen LogP contribution is -2.30. The highest BCUT2D eigenvalue weighted by molar-refractivity contribution is 5.88. The second-order valence-corrected chi connectivity index (χ2v) is 5.43. The summed E-state index contributed by atoms with van der Waals surface area (Å²) in [6.45, 7) is 0. The smallest absolute Gasteiger partial charge is 0.320 e. The van der Waals surface area contributed by atoms with Crippen molar-refractivity contribution in [2.75, 3.05) is 10.6 Å². The molecule has 1 aromatic rings. The Morgan fingerprint density at radius 2 is 1.89 bits per heavy atom. The number of pyridine rings is 1. The second kappa shape index (κ2) is 5.47. The fourth-order valence-corrected chi connectivity index (χ4v) is 2.42. The predicted octanol–water partition coefficient (Wildman–Crippen LogP) is 2.72. The Morgan fingerprint density at radius 1 is 1.11 bits per heavy atom. The van der Waals surface area contributed by atoms with Crippen molar-refractivity contribution in [1.82, 2.24) is 10.3 Å². The molecule has 3 rings (SSSR count). The van der Waals surface area contributed by atoms with Crippen LogP contribution in [0.25, 0.3) is 0 Å². The molecule has 0 bridgehead atoms. The van der Waals surface area contributed by atoms with Crippen molar-refractivity contribution in [3.05, 3.63) is 18.3 Å². The molecule has 1 heterocycles. The van der Waals surface area contributed by atoms with Gasteiger partial charge < -0.3 is 10.6 Å². The summed E-state index contributed by atoms with van der Waals surface area (Å²) >= 11 is 0. The lowest BCUT2D eigenvalue weighted by molar-refractivity contribution is 0.251. The molecule has 0 spiro atoms. The van der Waals surface area contributed by atoms with Gasteiger partial charge in [-0.25, -0.2) is 9.78 Å². The van der Waals surface area contributed by atoms with Crippen LogP contribution in [0.3, 0.4) is 0 Å². The van der Waals surface area contributed by atoms with Gasteiger partial charge in [-0.05, 0) is 37.8 Å². The van der Waals surface area contributed by atoms with Gasteiger partial charge in [0.15, 0.2) is 0 Å². The van der Waals surface area contributed by atoms with Gasteiger partial charge >= 0.3 is 6.03 Å². The highest BCUT2D eigenvalue weighted by Gasteiger charge is 2.23. The van der Waals surface area contributed by atoms with Crippen LogP contribution in [0.4, 0.5) is 16.3 Å². The molecule has 0 unspecified atom stereocenters. The lowest BCUT2D eigenvalue weighted by Gasteiger charge is -2.13. The van der Waals surface area contributed by atoms with Crippen LogP contribution >= 0.6 is 0 Å². The average Bonchev–Trinajstić information content (AvgIpc) is 3.05. The van der Waals surface area contributed by atoms with Gasteiger partial charge in [-0.15, -0.1) is 0 Å². The first-order valence-corrected chi connectivity index (χ1v) is 7.10. The summed E-state index contributed by atoms with van der Waals surface area (Å²) in [5.41, 5.74) is 1.03. The summed E-state index contributed by atoms with van der Waals surface area (Å²) in [6, 6.07) is 4.59. The highest BCUT2D eigenvalue weighted by Crippen LogP contribution is 2.22. The van der Waals surface area contributed by atoms with Crippen molar-refractivity contribution >= 4 is 17.5 Å². The van der Waals surface area contributed by atoms with Crippen LogP contribution in [-0.2, 0) is 0 Å². The molecular formula is C14H20N4O. The second-order valence-electron chi connectivity index (χ2n) is 5.43. The van der Waals surface area contributed by atoms with Gasteiger partial charge in [-0.3, -0.25) is 5.32 Å². The van der Waals surface area contributed by atoms with E-state index in [1.54, 1.807) is 6.20 Å². The van der Waals surface area contributed by atoms with Crippen LogP contribution in [-0.4, -0.2) is 23.1 Å². The Kier molecular flexibility index (Phi) is 3.53. The van der Waals surface area contributed by atoms with Crippen LogP contribution in [0, 0.1) is 0 Å². The monoisotopic (exact) mass is 260 g/mol. The number of urea groups is 1. The minimum absolute atomic E-state index is 0.161. The summed E-state index contributed by atoms with van der Waals surface area (Å²) in [5, 5.41) is 9.09. The minimum atomic E-state index is -0.161. The summed E-state index contributed by atoms with van der Waals surface area (Å²) < 4.78 is 0. The quantitative estimate of drug-likeness (QED) is 0.779. The Morgan fingerprint density at radius 3 is 2.53 bits per heavy atom. The standard InChI is InChI=1S/C14H20N4O/c19-14(17-11-5-6-11)18-13-8-7-12(9-15-13)16-10-3-1-2-4-10/h7-11,16H,1-6H2,(H2,15,17,18,19). The maximum atomic E-state index is 11.5. The number of hydrogen-bond acceptors (Lipinski definition) is 3. The van der Waals surface area contributed by atoms with Gasteiger partial charge in [-0.1, -0.05) is 12.8 Å². The summed E-state index contributed by atoms with van der Waals surface area (Å²) in [5.74, 6) is 0.593. The molecule has 102 valence electrons. The van der Waals surface area contributed by atoms with Crippen molar-refractivity contribution in [2.24, 2.45) is 0 Å². The molecule has 2 aliphatic carbocycles. The Bertz CT molecular complexity index is 435. The van der Waals surface area contributed by atoms with E-state index in [2.05, 4.69) is 20.9 Å². The number of carbonyl (C=O) groups is 1. The number of hydrogen-bond donors (Lipinski definition) is 3. The molecule has 0 atom stereocenters. The number of nitrogens with zero attached hydrogens (tertiary/aromatic N) is 1. The molecule has 5 nitrogen and oxygen atoms in total. The van der Waals surface area contributed by atoms with Crippen molar-refractivity contribution in [3.8, 4) is 0 Å². The van der Waals surface area contributed by atoms with E-state index in [0.717, 1.165) is 18.5 Å². The Hall–Kier alpha value is -1.78. The van der Waals surface area contributed by atoms with Crippen molar-refractivity contribution in [3.63, 3.8) is 0 Å². The molecule has 0 saturated heterocycles.